The van der Waals surface area contributed by atoms with E-state index in [1.807, 2.05) is 19.2 Å². The average molecular weight is 790 g/mol. The summed E-state index contributed by atoms with van der Waals surface area (Å²) in [5.41, 5.74) is -0.441. The Morgan fingerprint density at radius 3 is 2.11 bits per heavy atom. The van der Waals surface area contributed by atoms with E-state index >= 15 is 0 Å². The summed E-state index contributed by atoms with van der Waals surface area (Å²) in [7, 11) is -0.454. The zero-order valence-electron chi connectivity index (χ0n) is 31.9. The Labute approximate surface area is 319 Å². The van der Waals surface area contributed by atoms with Gasteiger partial charge in [-0.25, -0.2) is 9.59 Å². The normalized spacial score (nSPS) is 24.9. The van der Waals surface area contributed by atoms with Crippen molar-refractivity contribution >= 4 is 44.0 Å². The van der Waals surface area contributed by atoms with Gasteiger partial charge in [0.2, 0.25) is 11.8 Å². The fourth-order valence-corrected chi connectivity index (χ4v) is 8.84. The molecule has 6 N–H and O–H groups in total. The summed E-state index contributed by atoms with van der Waals surface area (Å²) in [5.74, 6) is -4.66. The highest BCUT2D eigenvalue weighted by atomic mass is 28.4. The molecule has 0 saturated carbocycles. The Kier molecular flexibility index (Phi) is 11.8. The van der Waals surface area contributed by atoms with Gasteiger partial charge in [-0.2, -0.15) is 0 Å². The number of nitrogens with zero attached hydrogens (tertiary/aromatic N) is 1. The van der Waals surface area contributed by atoms with Crippen molar-refractivity contribution in [1.82, 2.24) is 15.5 Å². The minimum absolute atomic E-state index is 0.142. The summed E-state index contributed by atoms with van der Waals surface area (Å²) in [6.07, 6.45) is -3.77. The summed E-state index contributed by atoms with van der Waals surface area (Å²) in [6, 6.07) is 3.59. The summed E-state index contributed by atoms with van der Waals surface area (Å²) < 4.78 is 26.2. The van der Waals surface area contributed by atoms with E-state index in [2.05, 4.69) is 49.4 Å². The average Bonchev–Trinajstić information content (AvgIpc) is 3.44. The zero-order chi connectivity index (χ0) is 40.7. The lowest BCUT2D eigenvalue weighted by atomic mass is 9.50. The lowest BCUT2D eigenvalue weighted by Crippen LogP contribution is -2.75. The molecule has 1 saturated heterocycles. The van der Waals surface area contributed by atoms with E-state index in [0.717, 1.165) is 11.1 Å². The predicted molar refractivity (Wildman–Crippen MR) is 194 cm³/mol. The number of carbonyl (C=O) groups is 6. The van der Waals surface area contributed by atoms with Gasteiger partial charge in [0.1, 0.15) is 17.1 Å². The van der Waals surface area contributed by atoms with Crippen LogP contribution in [0.3, 0.4) is 0 Å². The molecule has 5 rings (SSSR count). The quantitative estimate of drug-likeness (QED) is 0.102. The Bertz CT molecular complexity index is 1770. The molecule has 55 heavy (non-hydrogen) atoms. The van der Waals surface area contributed by atoms with E-state index in [4.69, 9.17) is 28.8 Å². The molecule has 1 aromatic carbocycles. The van der Waals surface area contributed by atoms with Crippen LogP contribution in [-0.2, 0) is 50.1 Å². The van der Waals surface area contributed by atoms with E-state index < -0.39 is 86.2 Å². The van der Waals surface area contributed by atoms with E-state index in [1.165, 1.54) is 0 Å². The Balaban J connectivity index is 1.46. The minimum Gasteiger partial charge on any atom is -0.541 e. The summed E-state index contributed by atoms with van der Waals surface area (Å²) in [5, 5.41) is 41.5. The summed E-state index contributed by atoms with van der Waals surface area (Å²) >= 11 is 0. The molecule has 2 amide bonds. The molecule has 1 fully saturated rings. The number of piperidine rings is 1. The number of ether oxygens (including phenoxy) is 3. The number of likely N-dealkylation sites (N-methyl/N-ethyl adjacent to an activating group) is 1. The van der Waals surface area contributed by atoms with Gasteiger partial charge in [-0.15, -0.1) is 0 Å². The van der Waals surface area contributed by atoms with Gasteiger partial charge in [0.15, 0.2) is 24.1 Å². The number of rotatable bonds is 16. The molecule has 0 unspecified atom stereocenters. The molecule has 2 aliphatic heterocycles. The van der Waals surface area contributed by atoms with Crippen LogP contribution in [0, 0.1) is 0 Å². The molecule has 18 heteroatoms. The van der Waals surface area contributed by atoms with E-state index in [1.54, 1.807) is 6.08 Å². The van der Waals surface area contributed by atoms with Crippen LogP contribution in [0.1, 0.15) is 70.4 Å². The molecule has 1 spiro atoms. The number of likely N-dealkylation sites (tertiary alicyclic amines) is 1. The van der Waals surface area contributed by atoms with Gasteiger partial charge in [0, 0.05) is 25.1 Å². The number of aliphatic hydroxyl groups is 2. The molecule has 0 aromatic heterocycles. The van der Waals surface area contributed by atoms with Crippen LogP contribution in [0.5, 0.6) is 11.5 Å². The number of aliphatic carboxylic acids is 2. The molecule has 2 heterocycles. The lowest BCUT2D eigenvalue weighted by molar-refractivity contribution is -0.206. The van der Waals surface area contributed by atoms with Gasteiger partial charge in [-0.05, 0) is 62.3 Å². The number of amides is 2. The molecule has 4 aliphatic rings. The van der Waals surface area contributed by atoms with Crippen LogP contribution < -0.4 is 19.8 Å². The van der Waals surface area contributed by atoms with Gasteiger partial charge in [0.25, 0.3) is 8.32 Å². The maximum absolute atomic E-state index is 13.8. The van der Waals surface area contributed by atoms with Crippen molar-refractivity contribution in [3.63, 3.8) is 0 Å². The Morgan fingerprint density at radius 2 is 1.55 bits per heavy atom. The molecule has 2 aliphatic carbocycles. The van der Waals surface area contributed by atoms with Crippen molar-refractivity contribution in [2.75, 3.05) is 26.7 Å². The first-order valence-electron chi connectivity index (χ1n) is 18.3. The lowest BCUT2D eigenvalue weighted by Gasteiger charge is -2.62. The molecular formula is C37H51N3O14Si. The van der Waals surface area contributed by atoms with Crippen LogP contribution in [-0.4, -0.2) is 126 Å². The monoisotopic (exact) mass is 789 g/mol. The number of hydrogen-bond acceptors (Lipinski definition) is 13. The highest BCUT2D eigenvalue weighted by Gasteiger charge is 2.74. The van der Waals surface area contributed by atoms with Crippen molar-refractivity contribution in [3.05, 3.63) is 35.1 Å². The third-order valence-corrected chi connectivity index (χ3v) is 16.0. The predicted octanol–water partition coefficient (Wildman–Crippen LogP) is 1.13. The first kappa shape index (κ1) is 41.6. The van der Waals surface area contributed by atoms with Gasteiger partial charge in [-0.3, -0.25) is 24.1 Å². The molecule has 0 radical (unpaired) electrons. The third-order valence-electron chi connectivity index (χ3n) is 11.6. The van der Waals surface area contributed by atoms with Crippen molar-refractivity contribution in [3.8, 4) is 11.5 Å². The topological polar surface area (TPSA) is 248 Å². The molecule has 1 aromatic rings. The maximum atomic E-state index is 13.8. The molecule has 17 nitrogen and oxygen atoms in total. The number of benzene rings is 1. The van der Waals surface area contributed by atoms with Crippen molar-refractivity contribution in [2.24, 2.45) is 0 Å². The van der Waals surface area contributed by atoms with Gasteiger partial charge in [0.05, 0.1) is 37.1 Å². The molecule has 6 atom stereocenters. The maximum Gasteiger partial charge on any atom is 0.333 e. The van der Waals surface area contributed by atoms with Crippen LogP contribution in [0.15, 0.2) is 24.0 Å². The second-order valence-corrected chi connectivity index (χ2v) is 20.9. The standard InChI is InChI=1S/C37H51N3O14Si/c1-35(2,3)55(5,6)54-23-8-7-20-17-25-37(53-29(46)11-15-39-27(44)19-22(42)34(49)50)12-9-24(32-36(37,13-16-40(25)4)30(20)31(23)52-32)51-28(45)10-14-38-26(43)18-21(41)33(47)48/h7-9,21-22,25,32,41-42H,10-19H2,1-6H3,(H,38,43)(H,39,44)(H,47,48)(H,49,50)/t21-,22-,25+,32-,36-,37+/m0/s1. The van der Waals surface area contributed by atoms with Gasteiger partial charge in [-0.1, -0.05) is 26.8 Å². The van der Waals surface area contributed by atoms with Crippen molar-refractivity contribution in [2.45, 2.75) is 119 Å². The SMILES string of the molecule is CN1CC[C@]23c4c5ccc(O[Si](C)(C)C(C)(C)C)c4O[C@H]2C(OC(=O)CCNC(=O)C[C@H](O)C(=O)O)=CC[C@@]3(OC(=O)CCNC(=O)C[C@H](O)C(=O)O)[C@H]1C5. The first-order valence-corrected chi connectivity index (χ1v) is 21.2. The number of aliphatic hydroxyl groups excluding tert-OH is 2. The van der Waals surface area contributed by atoms with Gasteiger partial charge < -0.3 is 49.7 Å². The smallest absolute Gasteiger partial charge is 0.333 e. The van der Waals surface area contributed by atoms with E-state index in [0.29, 0.717) is 30.9 Å². The number of nitrogens with one attached hydrogen (secondary N) is 2. The number of carboxylic acids is 2. The highest BCUT2D eigenvalue weighted by Crippen LogP contribution is 2.67. The fourth-order valence-electron chi connectivity index (χ4n) is 7.82. The van der Waals surface area contributed by atoms with E-state index in [9.17, 15) is 39.0 Å². The number of carbonyl (C=O) groups excluding carboxylic acids is 4. The number of carboxylic acid groups (broad SMARTS) is 2. The molecular weight excluding hydrogens is 739 g/mol. The number of hydrogen-bond donors (Lipinski definition) is 6. The van der Waals surface area contributed by atoms with Crippen LogP contribution in [0.25, 0.3) is 0 Å². The molecule has 2 bridgehead atoms. The zero-order valence-corrected chi connectivity index (χ0v) is 32.9. The largest absolute Gasteiger partial charge is 0.541 e. The van der Waals surface area contributed by atoms with E-state index in [-0.39, 0.29) is 49.2 Å². The first-order chi connectivity index (χ1) is 25.6. The molecule has 302 valence electrons. The highest BCUT2D eigenvalue weighted by molar-refractivity contribution is 6.74. The van der Waals surface area contributed by atoms with Crippen LogP contribution >= 0.6 is 0 Å². The summed E-state index contributed by atoms with van der Waals surface area (Å²) in [4.78, 5) is 75.3. The summed E-state index contributed by atoms with van der Waals surface area (Å²) in [6.45, 7) is 10.8. The van der Waals surface area contributed by atoms with Crippen LogP contribution in [0.4, 0.5) is 0 Å². The van der Waals surface area contributed by atoms with Crippen molar-refractivity contribution < 1.29 is 67.8 Å². The Hall–Kier alpha value is -4.52. The third kappa shape index (κ3) is 7.95. The van der Waals surface area contributed by atoms with Crippen molar-refractivity contribution in [1.29, 1.82) is 0 Å². The van der Waals surface area contributed by atoms with Gasteiger partial charge >= 0.3 is 23.9 Å². The second-order valence-electron chi connectivity index (χ2n) is 16.2. The minimum atomic E-state index is -2.41. The number of esters is 2. The second kappa shape index (κ2) is 15.5. The Morgan fingerprint density at radius 1 is 0.964 bits per heavy atom. The van der Waals surface area contributed by atoms with Crippen LogP contribution in [0.2, 0.25) is 18.1 Å². The fraction of sp³-hybridized carbons (Fsp3) is 0.622.